The van der Waals surface area contributed by atoms with E-state index in [2.05, 4.69) is 0 Å². The number of nitrogens with zero attached hydrogens (tertiary/aromatic N) is 1. The molecule has 27 heavy (non-hydrogen) atoms. The predicted molar refractivity (Wildman–Crippen MR) is 96.9 cm³/mol. The fourth-order valence-corrected chi connectivity index (χ4v) is 3.65. The second-order valence-corrected chi connectivity index (χ2v) is 8.03. The van der Waals surface area contributed by atoms with Crippen molar-refractivity contribution in [1.82, 2.24) is 4.90 Å². The first-order chi connectivity index (χ1) is 12.7. The average Bonchev–Trinajstić information content (AvgIpc) is 2.64. The summed E-state index contributed by atoms with van der Waals surface area (Å²) in [6.07, 6.45) is 0.684. The monoisotopic (exact) mass is 390 g/mol. The Morgan fingerprint density at radius 3 is 2.41 bits per heavy atom. The van der Waals surface area contributed by atoms with E-state index in [1.807, 2.05) is 0 Å². The smallest absolute Gasteiger partial charge is 0.238 e. The SMILES string of the molecule is NS(=O)(=O)c1ccc2c(c1)CN(C(=O)CCC(=O)c1ccc(F)cc1)CC2. The molecule has 142 valence electrons. The lowest BCUT2D eigenvalue weighted by Crippen LogP contribution is -2.36. The van der Waals surface area contributed by atoms with Crippen LogP contribution in [0.3, 0.4) is 0 Å². The van der Waals surface area contributed by atoms with E-state index >= 15 is 0 Å². The Morgan fingerprint density at radius 1 is 1.04 bits per heavy atom. The van der Waals surface area contributed by atoms with Crippen LogP contribution in [0, 0.1) is 5.82 Å². The van der Waals surface area contributed by atoms with E-state index < -0.39 is 15.8 Å². The normalized spacial score (nSPS) is 13.9. The number of benzene rings is 2. The molecule has 0 radical (unpaired) electrons. The summed E-state index contributed by atoms with van der Waals surface area (Å²) in [5, 5.41) is 5.16. The van der Waals surface area contributed by atoms with Gasteiger partial charge in [0.25, 0.3) is 0 Å². The number of amides is 1. The van der Waals surface area contributed by atoms with Gasteiger partial charge >= 0.3 is 0 Å². The first kappa shape index (κ1) is 19.2. The molecule has 0 fully saturated rings. The van der Waals surface area contributed by atoms with Gasteiger partial charge in [-0.05, 0) is 53.9 Å². The number of carbonyl (C=O) groups excluding carboxylic acids is 2. The van der Waals surface area contributed by atoms with Crippen LogP contribution >= 0.6 is 0 Å². The minimum Gasteiger partial charge on any atom is -0.338 e. The number of ketones is 1. The molecule has 2 aromatic carbocycles. The van der Waals surface area contributed by atoms with E-state index in [1.165, 1.54) is 36.4 Å². The summed E-state index contributed by atoms with van der Waals surface area (Å²) in [6.45, 7) is 0.785. The first-order valence-electron chi connectivity index (χ1n) is 8.45. The molecule has 0 atom stereocenters. The van der Waals surface area contributed by atoms with Crippen molar-refractivity contribution in [3.63, 3.8) is 0 Å². The van der Waals surface area contributed by atoms with Crippen LogP contribution in [0.25, 0.3) is 0 Å². The highest BCUT2D eigenvalue weighted by Crippen LogP contribution is 2.23. The highest BCUT2D eigenvalue weighted by atomic mass is 32.2. The van der Waals surface area contributed by atoms with Crippen LogP contribution < -0.4 is 5.14 Å². The fraction of sp³-hybridized carbons (Fsp3) is 0.263. The summed E-state index contributed by atoms with van der Waals surface area (Å²) in [4.78, 5) is 26.2. The number of fused-ring (bicyclic) bond motifs is 1. The fourth-order valence-electron chi connectivity index (χ4n) is 3.08. The zero-order valence-electron chi connectivity index (χ0n) is 14.5. The Labute approximate surface area is 156 Å². The van der Waals surface area contributed by atoms with Crippen LogP contribution in [-0.4, -0.2) is 31.6 Å². The van der Waals surface area contributed by atoms with E-state index in [4.69, 9.17) is 5.14 Å². The highest BCUT2D eigenvalue weighted by Gasteiger charge is 2.22. The number of nitrogens with two attached hydrogens (primary N) is 1. The van der Waals surface area contributed by atoms with Crippen molar-refractivity contribution in [3.05, 3.63) is 65.0 Å². The predicted octanol–water partition coefficient (Wildman–Crippen LogP) is 2.02. The molecule has 2 N–H and O–H groups in total. The minimum atomic E-state index is -3.80. The number of hydrogen-bond acceptors (Lipinski definition) is 4. The van der Waals surface area contributed by atoms with Gasteiger partial charge in [0, 0.05) is 31.5 Å². The Morgan fingerprint density at radius 2 is 1.74 bits per heavy atom. The van der Waals surface area contributed by atoms with Crippen LogP contribution in [0.5, 0.6) is 0 Å². The number of primary sulfonamides is 1. The van der Waals surface area contributed by atoms with Gasteiger partial charge in [-0.3, -0.25) is 9.59 Å². The number of Topliss-reactive ketones (excluding diaryl/α,β-unsaturated/α-hetero) is 1. The Balaban J connectivity index is 1.63. The number of rotatable bonds is 5. The molecule has 1 amide bonds. The van der Waals surface area contributed by atoms with Gasteiger partial charge in [0.15, 0.2) is 5.78 Å². The van der Waals surface area contributed by atoms with E-state index in [9.17, 15) is 22.4 Å². The summed E-state index contributed by atoms with van der Waals surface area (Å²) >= 11 is 0. The third-order valence-corrected chi connectivity index (χ3v) is 5.51. The summed E-state index contributed by atoms with van der Waals surface area (Å²) in [7, 11) is -3.80. The Kier molecular flexibility index (Phi) is 5.38. The van der Waals surface area contributed by atoms with Crippen molar-refractivity contribution in [1.29, 1.82) is 0 Å². The topological polar surface area (TPSA) is 97.5 Å². The molecule has 0 bridgehead atoms. The molecule has 0 unspecified atom stereocenters. The van der Waals surface area contributed by atoms with E-state index in [-0.39, 0.29) is 36.0 Å². The van der Waals surface area contributed by atoms with Gasteiger partial charge in [-0.15, -0.1) is 0 Å². The van der Waals surface area contributed by atoms with Crippen molar-refractivity contribution in [2.75, 3.05) is 6.54 Å². The lowest BCUT2D eigenvalue weighted by atomic mass is 9.99. The van der Waals surface area contributed by atoms with Crippen LogP contribution in [0.1, 0.15) is 34.3 Å². The number of carbonyl (C=O) groups is 2. The van der Waals surface area contributed by atoms with Crippen molar-refractivity contribution >= 4 is 21.7 Å². The molecule has 1 aliphatic heterocycles. The Hall–Kier alpha value is -2.58. The zero-order chi connectivity index (χ0) is 19.6. The molecule has 0 spiro atoms. The van der Waals surface area contributed by atoms with Gasteiger partial charge in [-0.2, -0.15) is 0 Å². The zero-order valence-corrected chi connectivity index (χ0v) is 15.3. The number of hydrogen-bond donors (Lipinski definition) is 1. The van der Waals surface area contributed by atoms with Crippen LogP contribution in [0.15, 0.2) is 47.4 Å². The lowest BCUT2D eigenvalue weighted by molar-refractivity contribution is -0.132. The standard InChI is InChI=1S/C19H19FN2O4S/c20-16-4-1-14(2-5-16)18(23)7-8-19(24)22-10-9-13-3-6-17(27(21,25)26)11-15(13)12-22/h1-6,11H,7-10,12H2,(H2,21,25,26). The maximum atomic E-state index is 12.9. The van der Waals surface area contributed by atoms with Crippen LogP contribution in [0.4, 0.5) is 4.39 Å². The molecule has 0 saturated carbocycles. The van der Waals surface area contributed by atoms with E-state index in [0.29, 0.717) is 18.5 Å². The highest BCUT2D eigenvalue weighted by molar-refractivity contribution is 7.89. The van der Waals surface area contributed by atoms with Gasteiger partial charge in [0.1, 0.15) is 5.82 Å². The maximum Gasteiger partial charge on any atom is 0.238 e. The molecule has 3 rings (SSSR count). The quantitative estimate of drug-likeness (QED) is 0.790. The molecular weight excluding hydrogens is 371 g/mol. The molecule has 1 heterocycles. The van der Waals surface area contributed by atoms with E-state index in [0.717, 1.165) is 11.1 Å². The van der Waals surface area contributed by atoms with Crippen LogP contribution in [-0.2, 0) is 27.8 Å². The van der Waals surface area contributed by atoms with Gasteiger partial charge in [0.2, 0.25) is 15.9 Å². The summed E-state index contributed by atoms with van der Waals surface area (Å²) in [5.74, 6) is -0.831. The van der Waals surface area contributed by atoms with Crippen molar-refractivity contribution in [2.24, 2.45) is 5.14 Å². The number of sulfonamides is 1. The molecule has 0 aromatic heterocycles. The molecule has 0 saturated heterocycles. The van der Waals surface area contributed by atoms with Gasteiger partial charge in [-0.25, -0.2) is 17.9 Å². The maximum absolute atomic E-state index is 12.9. The average molecular weight is 390 g/mol. The molecule has 8 heteroatoms. The molecule has 2 aromatic rings. The molecular formula is C19H19FN2O4S. The summed E-state index contributed by atoms with van der Waals surface area (Å²) in [6, 6.07) is 9.89. The molecule has 0 aliphatic carbocycles. The van der Waals surface area contributed by atoms with Crippen molar-refractivity contribution in [2.45, 2.75) is 30.7 Å². The van der Waals surface area contributed by atoms with Crippen molar-refractivity contribution < 1.29 is 22.4 Å². The van der Waals surface area contributed by atoms with Gasteiger partial charge in [-0.1, -0.05) is 6.07 Å². The molecule has 1 aliphatic rings. The summed E-state index contributed by atoms with van der Waals surface area (Å²) in [5.41, 5.74) is 2.09. The third-order valence-electron chi connectivity index (χ3n) is 4.60. The summed E-state index contributed by atoms with van der Waals surface area (Å²) < 4.78 is 35.9. The van der Waals surface area contributed by atoms with Gasteiger partial charge in [0.05, 0.1) is 4.90 Å². The van der Waals surface area contributed by atoms with Crippen LogP contribution in [0.2, 0.25) is 0 Å². The first-order valence-corrected chi connectivity index (χ1v) is 10.00. The Bertz CT molecular complexity index is 987. The second-order valence-electron chi connectivity index (χ2n) is 6.47. The minimum absolute atomic E-state index is 0.0158. The van der Waals surface area contributed by atoms with E-state index in [1.54, 1.807) is 11.0 Å². The third kappa shape index (κ3) is 4.58. The lowest BCUT2D eigenvalue weighted by Gasteiger charge is -2.29. The second kappa shape index (κ2) is 7.58. The number of halogens is 1. The molecule has 6 nitrogen and oxygen atoms in total. The van der Waals surface area contributed by atoms with Gasteiger partial charge < -0.3 is 4.90 Å². The largest absolute Gasteiger partial charge is 0.338 e. The van der Waals surface area contributed by atoms with Crippen molar-refractivity contribution in [3.8, 4) is 0 Å².